The fourth-order valence-corrected chi connectivity index (χ4v) is 3.79. The number of hydrogen-bond acceptors (Lipinski definition) is 6. The number of carbonyl (C=O) groups excluding carboxylic acids is 1. The highest BCUT2D eigenvalue weighted by molar-refractivity contribution is 6.31. The number of rotatable bonds is 7. The second-order valence-electron chi connectivity index (χ2n) is 6.90. The number of amides is 1. The molecule has 2 aromatic carbocycles. The lowest BCUT2D eigenvalue weighted by atomic mass is 9.91. The quantitative estimate of drug-likeness (QED) is 0.640. The zero-order valence-electron chi connectivity index (χ0n) is 16.9. The normalized spacial score (nSPS) is 20.9. The van der Waals surface area contributed by atoms with E-state index in [0.29, 0.717) is 22.3 Å². The average molecular weight is 420 g/mol. The first-order valence-corrected chi connectivity index (χ1v) is 9.69. The average Bonchev–Trinajstić information content (AvgIpc) is 3.08. The number of benzene rings is 2. The zero-order chi connectivity index (χ0) is 21.0. The Morgan fingerprint density at radius 2 is 1.79 bits per heavy atom. The van der Waals surface area contributed by atoms with Gasteiger partial charge in [0.15, 0.2) is 11.5 Å². The molecular formula is C21H26ClN3O4. The largest absolute Gasteiger partial charge is 0.497 e. The van der Waals surface area contributed by atoms with Crippen LogP contribution in [-0.4, -0.2) is 39.4 Å². The van der Waals surface area contributed by atoms with Gasteiger partial charge in [0.2, 0.25) is 5.91 Å². The van der Waals surface area contributed by atoms with Crippen LogP contribution in [-0.2, 0) is 11.2 Å². The third-order valence-corrected chi connectivity index (χ3v) is 5.44. The molecule has 3 unspecified atom stereocenters. The Balaban J connectivity index is 1.73. The van der Waals surface area contributed by atoms with Gasteiger partial charge < -0.3 is 19.5 Å². The number of hydrogen-bond donors (Lipinski definition) is 3. The zero-order valence-corrected chi connectivity index (χ0v) is 17.7. The molecule has 0 spiro atoms. The molecule has 0 bridgehead atoms. The topological polar surface area (TPSA) is 80.9 Å². The van der Waals surface area contributed by atoms with Gasteiger partial charge in [-0.25, -0.2) is 5.43 Å². The molecule has 3 N–H and O–H groups in total. The summed E-state index contributed by atoms with van der Waals surface area (Å²) in [5.41, 5.74) is 8.13. The predicted octanol–water partition coefficient (Wildman–Crippen LogP) is 2.63. The van der Waals surface area contributed by atoms with Crippen molar-refractivity contribution in [3.8, 4) is 17.2 Å². The van der Waals surface area contributed by atoms with Crippen LogP contribution in [0.3, 0.4) is 0 Å². The molecule has 0 saturated carbocycles. The van der Waals surface area contributed by atoms with Crippen molar-refractivity contribution in [2.24, 2.45) is 0 Å². The van der Waals surface area contributed by atoms with E-state index in [1.807, 2.05) is 18.2 Å². The summed E-state index contributed by atoms with van der Waals surface area (Å²) >= 11 is 6.26. The molecule has 7 nitrogen and oxygen atoms in total. The van der Waals surface area contributed by atoms with E-state index in [1.165, 1.54) is 0 Å². The van der Waals surface area contributed by atoms with E-state index < -0.39 is 0 Å². The first-order chi connectivity index (χ1) is 14.0. The van der Waals surface area contributed by atoms with Crippen LogP contribution in [0, 0.1) is 0 Å². The molecule has 156 valence electrons. The van der Waals surface area contributed by atoms with Crippen LogP contribution in [0.5, 0.6) is 17.2 Å². The minimum Gasteiger partial charge on any atom is -0.497 e. The van der Waals surface area contributed by atoms with Gasteiger partial charge in [0.05, 0.1) is 27.8 Å². The van der Waals surface area contributed by atoms with E-state index in [0.717, 1.165) is 11.1 Å². The van der Waals surface area contributed by atoms with Gasteiger partial charge in [-0.05, 0) is 42.3 Å². The summed E-state index contributed by atoms with van der Waals surface area (Å²) in [6.45, 7) is 2.06. The molecule has 29 heavy (non-hydrogen) atoms. The molecule has 1 fully saturated rings. The molecular weight excluding hydrogens is 394 g/mol. The first-order valence-electron chi connectivity index (χ1n) is 9.31. The minimum atomic E-state index is -0.285. The summed E-state index contributed by atoms with van der Waals surface area (Å²) < 4.78 is 15.9. The molecule has 3 atom stereocenters. The molecule has 3 rings (SSSR count). The standard InChI is InChI=1S/C21H26ClN3O4/c1-12-20(14-6-8-17(28-3)18(9-14)29-4)21(25-24-12)23-19(26)10-13-5-7-15(27-2)11-16(13)22/h5-9,11-12,20-21,24-25H,10H2,1-4H3,(H,23,26). The molecule has 1 aliphatic rings. The molecule has 2 aromatic rings. The Bertz CT molecular complexity index is 877. The fraction of sp³-hybridized carbons (Fsp3) is 0.381. The highest BCUT2D eigenvalue weighted by atomic mass is 35.5. The van der Waals surface area contributed by atoms with E-state index in [4.69, 9.17) is 25.8 Å². The molecule has 1 heterocycles. The Kier molecular flexibility index (Phi) is 6.84. The lowest BCUT2D eigenvalue weighted by Crippen LogP contribution is -2.46. The first kappa shape index (κ1) is 21.2. The van der Waals surface area contributed by atoms with E-state index in [2.05, 4.69) is 23.1 Å². The van der Waals surface area contributed by atoms with E-state index in [9.17, 15) is 4.79 Å². The number of halogens is 1. The number of hydrazine groups is 1. The third kappa shape index (κ3) is 4.75. The molecule has 8 heteroatoms. The third-order valence-electron chi connectivity index (χ3n) is 5.08. The Labute approximate surface area is 175 Å². The van der Waals surface area contributed by atoms with Crippen molar-refractivity contribution in [2.75, 3.05) is 21.3 Å². The SMILES string of the molecule is COc1ccc(CC(=O)NC2NNC(C)C2c2ccc(OC)c(OC)c2)c(Cl)c1. The Morgan fingerprint density at radius 1 is 1.03 bits per heavy atom. The van der Waals surface area contributed by atoms with Crippen molar-refractivity contribution in [3.63, 3.8) is 0 Å². The Hall–Kier alpha value is -2.48. The van der Waals surface area contributed by atoms with Crippen molar-refractivity contribution in [1.82, 2.24) is 16.2 Å². The van der Waals surface area contributed by atoms with Gasteiger partial charge in [-0.2, -0.15) is 0 Å². The molecule has 1 saturated heterocycles. The summed E-state index contributed by atoms with van der Waals surface area (Å²) in [5, 5.41) is 3.56. The second-order valence-corrected chi connectivity index (χ2v) is 7.30. The summed E-state index contributed by atoms with van der Waals surface area (Å²) in [7, 11) is 4.78. The smallest absolute Gasteiger partial charge is 0.225 e. The minimum absolute atomic E-state index is 0.00472. The van der Waals surface area contributed by atoms with E-state index in [-0.39, 0.29) is 30.5 Å². The van der Waals surface area contributed by atoms with E-state index >= 15 is 0 Å². The van der Waals surface area contributed by atoms with Crippen LogP contribution < -0.4 is 30.4 Å². The van der Waals surface area contributed by atoms with Gasteiger partial charge in [0.1, 0.15) is 11.9 Å². The predicted molar refractivity (Wildman–Crippen MR) is 112 cm³/mol. The molecule has 0 aromatic heterocycles. The monoisotopic (exact) mass is 419 g/mol. The molecule has 1 aliphatic heterocycles. The van der Waals surface area contributed by atoms with Crippen molar-refractivity contribution in [2.45, 2.75) is 31.5 Å². The van der Waals surface area contributed by atoms with E-state index in [1.54, 1.807) is 39.5 Å². The summed E-state index contributed by atoms with van der Waals surface area (Å²) in [6, 6.07) is 11.2. The lowest BCUT2D eigenvalue weighted by molar-refractivity contribution is -0.121. The van der Waals surface area contributed by atoms with Gasteiger partial charge >= 0.3 is 0 Å². The van der Waals surface area contributed by atoms with Crippen LogP contribution in [0.15, 0.2) is 36.4 Å². The number of nitrogens with one attached hydrogen (secondary N) is 3. The summed E-state index contributed by atoms with van der Waals surface area (Å²) in [4.78, 5) is 12.7. The van der Waals surface area contributed by atoms with Crippen molar-refractivity contribution >= 4 is 17.5 Å². The second kappa shape index (κ2) is 9.35. The van der Waals surface area contributed by atoms with Gasteiger partial charge in [-0.1, -0.05) is 23.7 Å². The summed E-state index contributed by atoms with van der Waals surface area (Å²) in [5.74, 6) is 1.85. The van der Waals surface area contributed by atoms with Crippen LogP contribution in [0.4, 0.5) is 0 Å². The Morgan fingerprint density at radius 3 is 2.45 bits per heavy atom. The maximum absolute atomic E-state index is 12.7. The van der Waals surface area contributed by atoms with Crippen molar-refractivity contribution in [3.05, 3.63) is 52.5 Å². The summed E-state index contributed by atoms with van der Waals surface area (Å²) in [6.07, 6.45) is -0.110. The fourth-order valence-electron chi connectivity index (χ4n) is 3.55. The molecule has 0 aliphatic carbocycles. The lowest BCUT2D eigenvalue weighted by Gasteiger charge is -2.23. The molecule has 1 amide bonds. The molecule has 0 radical (unpaired) electrons. The number of methoxy groups -OCH3 is 3. The maximum atomic E-state index is 12.7. The maximum Gasteiger partial charge on any atom is 0.225 e. The van der Waals surface area contributed by atoms with Crippen LogP contribution in [0.2, 0.25) is 5.02 Å². The van der Waals surface area contributed by atoms with Crippen LogP contribution >= 0.6 is 11.6 Å². The van der Waals surface area contributed by atoms with Gasteiger partial charge in [-0.3, -0.25) is 10.2 Å². The van der Waals surface area contributed by atoms with Crippen molar-refractivity contribution in [1.29, 1.82) is 0 Å². The van der Waals surface area contributed by atoms with Crippen LogP contribution in [0.25, 0.3) is 0 Å². The van der Waals surface area contributed by atoms with Crippen LogP contribution in [0.1, 0.15) is 24.0 Å². The number of carbonyl (C=O) groups is 1. The van der Waals surface area contributed by atoms with Crippen molar-refractivity contribution < 1.29 is 19.0 Å². The highest BCUT2D eigenvalue weighted by Gasteiger charge is 2.35. The van der Waals surface area contributed by atoms with Gasteiger partial charge in [0, 0.05) is 17.0 Å². The van der Waals surface area contributed by atoms with Gasteiger partial charge in [-0.15, -0.1) is 0 Å². The number of ether oxygens (including phenoxy) is 3. The van der Waals surface area contributed by atoms with Gasteiger partial charge in [0.25, 0.3) is 0 Å². The highest BCUT2D eigenvalue weighted by Crippen LogP contribution is 2.34.